The summed E-state index contributed by atoms with van der Waals surface area (Å²) in [6, 6.07) is 0.0288. The molecule has 1 saturated carbocycles. The fourth-order valence-corrected chi connectivity index (χ4v) is 2.34. The van der Waals surface area contributed by atoms with E-state index in [1.165, 1.54) is 12.8 Å². The van der Waals surface area contributed by atoms with Crippen molar-refractivity contribution in [2.24, 2.45) is 5.92 Å². The van der Waals surface area contributed by atoms with E-state index < -0.39 is 0 Å². The van der Waals surface area contributed by atoms with Gasteiger partial charge in [0.05, 0.1) is 0 Å². The van der Waals surface area contributed by atoms with Crippen molar-refractivity contribution in [3.8, 4) is 0 Å². The van der Waals surface area contributed by atoms with Gasteiger partial charge in [0.15, 0.2) is 0 Å². The highest BCUT2D eigenvalue weighted by atomic mass is 16.2. The third-order valence-electron chi connectivity index (χ3n) is 3.75. The summed E-state index contributed by atoms with van der Waals surface area (Å²) in [4.78, 5) is 26.9. The SMILES string of the molecule is CC(=O)N1CCCN(C(=O)NCCC2CC2)CC1. The van der Waals surface area contributed by atoms with Crippen LogP contribution in [0.25, 0.3) is 0 Å². The molecule has 102 valence electrons. The molecule has 5 heteroatoms. The van der Waals surface area contributed by atoms with Gasteiger partial charge in [0, 0.05) is 39.6 Å². The zero-order valence-electron chi connectivity index (χ0n) is 11.2. The van der Waals surface area contributed by atoms with Crippen LogP contribution in [-0.4, -0.2) is 54.5 Å². The summed E-state index contributed by atoms with van der Waals surface area (Å²) in [5.41, 5.74) is 0. The van der Waals surface area contributed by atoms with Gasteiger partial charge in [0.2, 0.25) is 5.91 Å². The summed E-state index contributed by atoms with van der Waals surface area (Å²) in [5.74, 6) is 0.952. The Morgan fingerprint density at radius 1 is 1.11 bits per heavy atom. The highest BCUT2D eigenvalue weighted by Gasteiger charge is 2.22. The van der Waals surface area contributed by atoms with Crippen molar-refractivity contribution < 1.29 is 9.59 Å². The molecule has 0 spiro atoms. The molecule has 2 aliphatic rings. The van der Waals surface area contributed by atoms with Crippen molar-refractivity contribution in [2.45, 2.75) is 32.6 Å². The lowest BCUT2D eigenvalue weighted by Crippen LogP contribution is -2.42. The quantitative estimate of drug-likeness (QED) is 0.817. The first kappa shape index (κ1) is 13.2. The van der Waals surface area contributed by atoms with E-state index in [-0.39, 0.29) is 11.9 Å². The molecule has 0 atom stereocenters. The van der Waals surface area contributed by atoms with Gasteiger partial charge in [-0.05, 0) is 18.8 Å². The van der Waals surface area contributed by atoms with Gasteiger partial charge in [-0.15, -0.1) is 0 Å². The van der Waals surface area contributed by atoms with Crippen LogP contribution in [0, 0.1) is 5.92 Å². The van der Waals surface area contributed by atoms with Crippen LogP contribution in [0.3, 0.4) is 0 Å². The molecule has 2 rings (SSSR count). The maximum absolute atomic E-state index is 11.9. The van der Waals surface area contributed by atoms with Crippen LogP contribution in [0.1, 0.15) is 32.6 Å². The van der Waals surface area contributed by atoms with Gasteiger partial charge >= 0.3 is 6.03 Å². The maximum Gasteiger partial charge on any atom is 0.317 e. The number of urea groups is 1. The number of rotatable bonds is 3. The molecule has 0 radical (unpaired) electrons. The van der Waals surface area contributed by atoms with E-state index in [0.29, 0.717) is 13.1 Å². The average Bonchev–Trinajstić information content (AvgIpc) is 3.14. The molecule has 2 fully saturated rings. The van der Waals surface area contributed by atoms with Crippen LogP contribution in [0.2, 0.25) is 0 Å². The first-order valence-electron chi connectivity index (χ1n) is 6.95. The topological polar surface area (TPSA) is 52.7 Å². The Labute approximate surface area is 108 Å². The summed E-state index contributed by atoms with van der Waals surface area (Å²) in [7, 11) is 0. The Bertz CT molecular complexity index is 315. The summed E-state index contributed by atoms with van der Waals surface area (Å²) in [5, 5.41) is 2.98. The molecule has 0 aromatic rings. The predicted molar refractivity (Wildman–Crippen MR) is 69.2 cm³/mol. The van der Waals surface area contributed by atoms with Crippen molar-refractivity contribution >= 4 is 11.9 Å². The van der Waals surface area contributed by atoms with Gasteiger partial charge in [-0.2, -0.15) is 0 Å². The van der Waals surface area contributed by atoms with E-state index >= 15 is 0 Å². The molecule has 1 aliphatic heterocycles. The number of nitrogens with zero attached hydrogens (tertiary/aromatic N) is 2. The van der Waals surface area contributed by atoms with E-state index in [9.17, 15) is 9.59 Å². The lowest BCUT2D eigenvalue weighted by atomic mass is 10.3. The van der Waals surface area contributed by atoms with Gasteiger partial charge in [0.1, 0.15) is 0 Å². The normalized spacial score (nSPS) is 20.5. The van der Waals surface area contributed by atoms with Gasteiger partial charge < -0.3 is 15.1 Å². The molecule has 1 N–H and O–H groups in total. The average molecular weight is 253 g/mol. The van der Waals surface area contributed by atoms with Crippen LogP contribution < -0.4 is 5.32 Å². The van der Waals surface area contributed by atoms with E-state index in [1.807, 2.05) is 9.80 Å². The molecular formula is C13H23N3O2. The molecule has 1 heterocycles. The van der Waals surface area contributed by atoms with Gasteiger partial charge in [0.25, 0.3) is 0 Å². The predicted octanol–water partition coefficient (Wildman–Crippen LogP) is 1.05. The van der Waals surface area contributed by atoms with Crippen molar-refractivity contribution in [2.75, 3.05) is 32.7 Å². The minimum atomic E-state index is 0.0288. The van der Waals surface area contributed by atoms with E-state index in [0.717, 1.165) is 38.4 Å². The Hall–Kier alpha value is -1.26. The van der Waals surface area contributed by atoms with Crippen molar-refractivity contribution in [1.82, 2.24) is 15.1 Å². The zero-order valence-corrected chi connectivity index (χ0v) is 11.2. The minimum absolute atomic E-state index is 0.0288. The second-order valence-electron chi connectivity index (χ2n) is 5.31. The number of carbonyl (C=O) groups is 2. The Morgan fingerprint density at radius 3 is 2.44 bits per heavy atom. The zero-order chi connectivity index (χ0) is 13.0. The first-order valence-corrected chi connectivity index (χ1v) is 6.95. The first-order chi connectivity index (χ1) is 8.66. The minimum Gasteiger partial charge on any atom is -0.341 e. The van der Waals surface area contributed by atoms with Crippen LogP contribution in [-0.2, 0) is 4.79 Å². The highest BCUT2D eigenvalue weighted by Crippen LogP contribution is 2.31. The molecule has 18 heavy (non-hydrogen) atoms. The van der Waals surface area contributed by atoms with E-state index in [2.05, 4.69) is 5.32 Å². The summed E-state index contributed by atoms with van der Waals surface area (Å²) in [6.45, 7) is 5.20. The highest BCUT2D eigenvalue weighted by molar-refractivity contribution is 5.75. The molecule has 1 aliphatic carbocycles. The third kappa shape index (κ3) is 3.89. The van der Waals surface area contributed by atoms with Crippen molar-refractivity contribution in [1.29, 1.82) is 0 Å². The smallest absolute Gasteiger partial charge is 0.317 e. The lowest BCUT2D eigenvalue weighted by Gasteiger charge is -2.21. The summed E-state index contributed by atoms with van der Waals surface area (Å²) < 4.78 is 0. The van der Waals surface area contributed by atoms with Crippen LogP contribution >= 0.6 is 0 Å². The fraction of sp³-hybridized carbons (Fsp3) is 0.846. The van der Waals surface area contributed by atoms with Crippen molar-refractivity contribution in [3.05, 3.63) is 0 Å². The Morgan fingerprint density at radius 2 is 1.78 bits per heavy atom. The standard InChI is InChI=1S/C13H23N3O2/c1-11(17)15-7-2-8-16(10-9-15)13(18)14-6-5-12-3-4-12/h12H,2-10H2,1H3,(H,14,18). The number of nitrogens with one attached hydrogen (secondary N) is 1. The van der Waals surface area contributed by atoms with E-state index in [4.69, 9.17) is 0 Å². The summed E-state index contributed by atoms with van der Waals surface area (Å²) >= 11 is 0. The van der Waals surface area contributed by atoms with Crippen LogP contribution in [0.4, 0.5) is 4.79 Å². The van der Waals surface area contributed by atoms with Crippen LogP contribution in [0.15, 0.2) is 0 Å². The van der Waals surface area contributed by atoms with Gasteiger partial charge in [-0.3, -0.25) is 4.79 Å². The summed E-state index contributed by atoms with van der Waals surface area (Å²) in [6.07, 6.45) is 4.63. The molecule has 3 amide bonds. The Balaban J connectivity index is 1.70. The second kappa shape index (κ2) is 6.07. The van der Waals surface area contributed by atoms with Crippen molar-refractivity contribution in [3.63, 3.8) is 0 Å². The molecule has 0 aromatic heterocycles. The lowest BCUT2D eigenvalue weighted by molar-refractivity contribution is -0.128. The monoisotopic (exact) mass is 253 g/mol. The number of amides is 3. The second-order valence-corrected chi connectivity index (χ2v) is 5.31. The van der Waals surface area contributed by atoms with E-state index in [1.54, 1.807) is 6.92 Å². The van der Waals surface area contributed by atoms with Crippen LogP contribution in [0.5, 0.6) is 0 Å². The molecule has 5 nitrogen and oxygen atoms in total. The van der Waals surface area contributed by atoms with Gasteiger partial charge in [-0.1, -0.05) is 12.8 Å². The maximum atomic E-state index is 11.9. The fourth-order valence-electron chi connectivity index (χ4n) is 2.34. The molecule has 0 bridgehead atoms. The number of hydrogen-bond donors (Lipinski definition) is 1. The van der Waals surface area contributed by atoms with Gasteiger partial charge in [-0.25, -0.2) is 4.79 Å². The molecule has 1 saturated heterocycles. The largest absolute Gasteiger partial charge is 0.341 e. The number of hydrogen-bond acceptors (Lipinski definition) is 2. The third-order valence-corrected chi connectivity index (χ3v) is 3.75. The molecular weight excluding hydrogens is 230 g/mol. The molecule has 0 unspecified atom stereocenters. The Kier molecular flexibility index (Phi) is 4.44. The molecule has 0 aromatic carbocycles. The number of carbonyl (C=O) groups excluding carboxylic acids is 2.